The van der Waals surface area contributed by atoms with Crippen molar-refractivity contribution >= 4 is 21.6 Å². The van der Waals surface area contributed by atoms with Gasteiger partial charge in [-0.05, 0) is 43.5 Å². The lowest BCUT2D eigenvalue weighted by Gasteiger charge is -2.26. The Morgan fingerprint density at radius 2 is 1.69 bits per heavy atom. The van der Waals surface area contributed by atoms with Gasteiger partial charge in [0, 0.05) is 6.54 Å². The van der Waals surface area contributed by atoms with Gasteiger partial charge in [-0.1, -0.05) is 49.7 Å². The molecule has 0 aliphatic carbocycles. The van der Waals surface area contributed by atoms with Crippen LogP contribution in [0.4, 0.5) is 5.69 Å². The van der Waals surface area contributed by atoms with E-state index in [4.69, 9.17) is 0 Å². The molecule has 0 fully saturated rings. The lowest BCUT2D eigenvalue weighted by molar-refractivity contribution is -0.119. The van der Waals surface area contributed by atoms with Crippen LogP contribution in [0.25, 0.3) is 0 Å². The van der Waals surface area contributed by atoms with Crippen LogP contribution in [0.1, 0.15) is 31.4 Å². The standard InChI is InChI=1S/C20H26N2O3S/c1-4-14-21-20(23)15-22(19-9-7-6-8-17(19)5-2)26(24,25)18-12-10-16(3)11-13-18/h6-13H,4-5,14-15H2,1-3H3,(H,21,23). The highest BCUT2D eigenvalue weighted by Crippen LogP contribution is 2.27. The third-order valence-electron chi connectivity index (χ3n) is 4.11. The molecule has 0 saturated heterocycles. The van der Waals surface area contributed by atoms with E-state index >= 15 is 0 Å². The largest absolute Gasteiger partial charge is 0.355 e. The first-order valence-electron chi connectivity index (χ1n) is 8.84. The van der Waals surface area contributed by atoms with Gasteiger partial charge < -0.3 is 5.32 Å². The summed E-state index contributed by atoms with van der Waals surface area (Å²) >= 11 is 0. The van der Waals surface area contributed by atoms with Crippen LogP contribution in [0.3, 0.4) is 0 Å². The first-order valence-corrected chi connectivity index (χ1v) is 10.3. The van der Waals surface area contributed by atoms with Crippen molar-refractivity contribution in [1.29, 1.82) is 0 Å². The molecule has 0 aromatic heterocycles. The molecule has 0 aliphatic rings. The van der Waals surface area contributed by atoms with Crippen molar-refractivity contribution in [3.63, 3.8) is 0 Å². The Hall–Kier alpha value is -2.34. The van der Waals surface area contributed by atoms with E-state index in [0.717, 1.165) is 17.5 Å². The fraction of sp³-hybridized carbons (Fsp3) is 0.350. The van der Waals surface area contributed by atoms with Crippen molar-refractivity contribution in [1.82, 2.24) is 5.32 Å². The van der Waals surface area contributed by atoms with Gasteiger partial charge in [0.25, 0.3) is 10.0 Å². The smallest absolute Gasteiger partial charge is 0.264 e. The summed E-state index contributed by atoms with van der Waals surface area (Å²) in [6.07, 6.45) is 1.47. The van der Waals surface area contributed by atoms with Crippen molar-refractivity contribution in [3.05, 3.63) is 59.7 Å². The number of amides is 1. The molecule has 26 heavy (non-hydrogen) atoms. The van der Waals surface area contributed by atoms with Gasteiger partial charge in [-0.2, -0.15) is 0 Å². The van der Waals surface area contributed by atoms with E-state index in [-0.39, 0.29) is 17.3 Å². The Kier molecular flexibility index (Phi) is 6.80. The summed E-state index contributed by atoms with van der Waals surface area (Å²) in [6.45, 7) is 6.10. The Morgan fingerprint density at radius 1 is 1.04 bits per heavy atom. The zero-order valence-corrected chi connectivity index (χ0v) is 16.3. The molecular weight excluding hydrogens is 348 g/mol. The lowest BCUT2D eigenvalue weighted by Crippen LogP contribution is -2.41. The minimum atomic E-state index is -3.85. The average molecular weight is 375 g/mol. The Balaban J connectivity index is 2.49. The molecular formula is C20H26N2O3S. The number of rotatable bonds is 8. The second-order valence-electron chi connectivity index (χ2n) is 6.16. The fourth-order valence-corrected chi connectivity index (χ4v) is 4.10. The molecule has 0 spiro atoms. The van der Waals surface area contributed by atoms with Gasteiger partial charge in [-0.15, -0.1) is 0 Å². The summed E-state index contributed by atoms with van der Waals surface area (Å²) < 4.78 is 27.7. The first-order chi connectivity index (χ1) is 12.4. The van der Waals surface area contributed by atoms with Gasteiger partial charge in [0.15, 0.2) is 0 Å². The Labute approximate surface area is 156 Å². The summed E-state index contributed by atoms with van der Waals surface area (Å²) in [4.78, 5) is 12.5. The zero-order valence-electron chi connectivity index (χ0n) is 15.5. The molecule has 2 aromatic carbocycles. The highest BCUT2D eigenvalue weighted by molar-refractivity contribution is 7.92. The third-order valence-corrected chi connectivity index (χ3v) is 5.88. The molecule has 0 heterocycles. The van der Waals surface area contributed by atoms with E-state index < -0.39 is 10.0 Å². The van der Waals surface area contributed by atoms with Crippen molar-refractivity contribution in [2.24, 2.45) is 0 Å². The molecule has 0 atom stereocenters. The average Bonchev–Trinajstić information content (AvgIpc) is 2.64. The maximum atomic E-state index is 13.3. The number of hydrogen-bond acceptors (Lipinski definition) is 3. The minimum Gasteiger partial charge on any atom is -0.355 e. The quantitative estimate of drug-likeness (QED) is 0.771. The van der Waals surface area contributed by atoms with Crippen LogP contribution in [0.5, 0.6) is 0 Å². The van der Waals surface area contributed by atoms with Crippen LogP contribution in [-0.4, -0.2) is 27.4 Å². The molecule has 6 heteroatoms. The summed E-state index contributed by atoms with van der Waals surface area (Å²) in [5, 5.41) is 2.76. The monoisotopic (exact) mass is 374 g/mol. The molecule has 5 nitrogen and oxygen atoms in total. The predicted molar refractivity (Wildman–Crippen MR) is 105 cm³/mol. The van der Waals surface area contributed by atoms with Crippen molar-refractivity contribution in [2.45, 2.75) is 38.5 Å². The zero-order chi connectivity index (χ0) is 19.2. The highest BCUT2D eigenvalue weighted by Gasteiger charge is 2.28. The lowest BCUT2D eigenvalue weighted by atomic mass is 10.1. The van der Waals surface area contributed by atoms with Crippen molar-refractivity contribution in [2.75, 3.05) is 17.4 Å². The number of nitrogens with zero attached hydrogens (tertiary/aromatic N) is 1. The number of hydrogen-bond donors (Lipinski definition) is 1. The van der Waals surface area contributed by atoms with Crippen molar-refractivity contribution < 1.29 is 13.2 Å². The molecule has 0 aliphatic heterocycles. The first kappa shape index (κ1) is 20.0. The molecule has 0 radical (unpaired) electrons. The Morgan fingerprint density at radius 3 is 2.31 bits per heavy atom. The van der Waals surface area contributed by atoms with Crippen LogP contribution < -0.4 is 9.62 Å². The van der Waals surface area contributed by atoms with E-state index in [0.29, 0.717) is 18.7 Å². The second kappa shape index (κ2) is 8.85. The number of benzene rings is 2. The summed E-state index contributed by atoms with van der Waals surface area (Å²) in [6, 6.07) is 14.0. The predicted octanol–water partition coefficient (Wildman–Crippen LogP) is 3.28. The van der Waals surface area contributed by atoms with Gasteiger partial charge in [-0.25, -0.2) is 8.42 Å². The van der Waals surface area contributed by atoms with Gasteiger partial charge in [-0.3, -0.25) is 9.10 Å². The van der Waals surface area contributed by atoms with E-state index in [2.05, 4.69) is 5.32 Å². The normalized spacial score (nSPS) is 11.2. The molecule has 1 amide bonds. The van der Waals surface area contributed by atoms with Crippen LogP contribution in [0.2, 0.25) is 0 Å². The molecule has 2 rings (SSSR count). The Bertz CT molecular complexity index is 846. The number of sulfonamides is 1. The highest BCUT2D eigenvalue weighted by atomic mass is 32.2. The van der Waals surface area contributed by atoms with Gasteiger partial charge in [0.05, 0.1) is 10.6 Å². The number of para-hydroxylation sites is 1. The number of anilines is 1. The van der Waals surface area contributed by atoms with Crippen LogP contribution >= 0.6 is 0 Å². The number of carbonyl (C=O) groups is 1. The maximum absolute atomic E-state index is 13.3. The molecule has 140 valence electrons. The van der Waals surface area contributed by atoms with Crippen LogP contribution in [0.15, 0.2) is 53.4 Å². The third kappa shape index (κ3) is 4.64. The number of aryl methyl sites for hydroxylation is 2. The molecule has 1 N–H and O–H groups in total. The summed E-state index contributed by atoms with van der Waals surface area (Å²) in [7, 11) is -3.85. The van der Waals surface area contributed by atoms with Gasteiger partial charge >= 0.3 is 0 Å². The minimum absolute atomic E-state index is 0.178. The summed E-state index contributed by atoms with van der Waals surface area (Å²) in [5.74, 6) is -0.312. The van der Waals surface area contributed by atoms with Gasteiger partial charge in [0.2, 0.25) is 5.91 Å². The van der Waals surface area contributed by atoms with Crippen molar-refractivity contribution in [3.8, 4) is 0 Å². The fourth-order valence-electron chi connectivity index (χ4n) is 2.64. The van der Waals surface area contributed by atoms with Gasteiger partial charge in [0.1, 0.15) is 6.54 Å². The van der Waals surface area contributed by atoms with E-state index in [1.54, 1.807) is 36.4 Å². The SMILES string of the molecule is CCCNC(=O)CN(c1ccccc1CC)S(=O)(=O)c1ccc(C)cc1. The summed E-state index contributed by atoms with van der Waals surface area (Å²) in [5.41, 5.74) is 2.40. The van der Waals surface area contributed by atoms with E-state index in [1.807, 2.05) is 32.9 Å². The topological polar surface area (TPSA) is 66.5 Å². The number of nitrogens with one attached hydrogen (secondary N) is 1. The maximum Gasteiger partial charge on any atom is 0.264 e. The van der Waals surface area contributed by atoms with Crippen LogP contribution in [0, 0.1) is 6.92 Å². The molecule has 0 unspecified atom stereocenters. The van der Waals surface area contributed by atoms with E-state index in [1.165, 1.54) is 4.31 Å². The van der Waals surface area contributed by atoms with E-state index in [9.17, 15) is 13.2 Å². The molecule has 2 aromatic rings. The van der Waals surface area contributed by atoms with Crippen LogP contribution in [-0.2, 0) is 21.2 Å². The second-order valence-corrected chi connectivity index (χ2v) is 8.02. The molecule has 0 bridgehead atoms. The number of carbonyl (C=O) groups excluding carboxylic acids is 1. The molecule has 0 saturated carbocycles.